The number of hydrogen-bond acceptors (Lipinski definition) is 6. The Morgan fingerprint density at radius 3 is 2.40 bits per heavy atom. The quantitative estimate of drug-likeness (QED) is 0.313. The molecule has 2 aromatic carbocycles. The standard InChI is InChI=1S/C26H23N5O4/c1-16-23(17(2)31(30-16)20-9-5-4-6-10-20)24(32)26(34)28-19-11-12-21(22(14-19)35-3)29-25(33)18-8-7-13-27-15-18/h4-15H,1-3H3,(H,28,34)(H,29,33). The number of anilines is 2. The predicted molar refractivity (Wildman–Crippen MR) is 131 cm³/mol. The number of carbonyl (C=O) groups is 3. The summed E-state index contributed by atoms with van der Waals surface area (Å²) >= 11 is 0. The van der Waals surface area contributed by atoms with Crippen LogP contribution in [-0.4, -0.2) is 39.5 Å². The Bertz CT molecular complexity index is 1400. The number of carbonyl (C=O) groups excluding carboxylic acids is 3. The molecule has 35 heavy (non-hydrogen) atoms. The molecule has 0 unspecified atom stereocenters. The molecule has 0 fully saturated rings. The second kappa shape index (κ2) is 10.0. The first-order valence-electron chi connectivity index (χ1n) is 10.8. The highest BCUT2D eigenvalue weighted by atomic mass is 16.5. The smallest absolute Gasteiger partial charge is 0.296 e. The highest BCUT2D eigenvalue weighted by molar-refractivity contribution is 6.47. The molecule has 4 aromatic rings. The molecule has 0 aliphatic heterocycles. The van der Waals surface area contributed by atoms with Crippen LogP contribution < -0.4 is 15.4 Å². The van der Waals surface area contributed by atoms with Gasteiger partial charge in [-0.25, -0.2) is 4.68 Å². The molecule has 9 nitrogen and oxygen atoms in total. The average Bonchev–Trinajstić information content (AvgIpc) is 3.18. The Morgan fingerprint density at radius 1 is 0.943 bits per heavy atom. The molecule has 0 aliphatic rings. The molecule has 9 heteroatoms. The van der Waals surface area contributed by atoms with E-state index in [1.54, 1.807) is 49.0 Å². The van der Waals surface area contributed by atoms with Crippen molar-refractivity contribution >= 4 is 29.0 Å². The van der Waals surface area contributed by atoms with Gasteiger partial charge in [0, 0.05) is 24.1 Å². The fourth-order valence-electron chi connectivity index (χ4n) is 3.66. The Labute approximate surface area is 201 Å². The number of pyridine rings is 1. The summed E-state index contributed by atoms with van der Waals surface area (Å²) in [4.78, 5) is 42.2. The van der Waals surface area contributed by atoms with Gasteiger partial charge in [-0.1, -0.05) is 18.2 Å². The molecule has 0 saturated heterocycles. The summed E-state index contributed by atoms with van der Waals surface area (Å²) in [6.07, 6.45) is 3.03. The summed E-state index contributed by atoms with van der Waals surface area (Å²) in [5, 5.41) is 9.78. The number of rotatable bonds is 7. The molecule has 0 atom stereocenters. The lowest BCUT2D eigenvalue weighted by atomic mass is 10.1. The molecule has 0 radical (unpaired) electrons. The van der Waals surface area contributed by atoms with Crippen molar-refractivity contribution in [3.8, 4) is 11.4 Å². The third kappa shape index (κ3) is 4.93. The van der Waals surface area contributed by atoms with Gasteiger partial charge >= 0.3 is 0 Å². The Kier molecular flexibility index (Phi) is 6.68. The molecular weight excluding hydrogens is 446 g/mol. The second-order valence-electron chi connectivity index (χ2n) is 7.69. The van der Waals surface area contributed by atoms with E-state index in [4.69, 9.17) is 4.74 Å². The van der Waals surface area contributed by atoms with Gasteiger partial charge in [0.1, 0.15) is 5.75 Å². The number of nitrogens with one attached hydrogen (secondary N) is 2. The minimum Gasteiger partial charge on any atom is -0.494 e. The van der Waals surface area contributed by atoms with Crippen molar-refractivity contribution in [2.45, 2.75) is 13.8 Å². The molecule has 2 amide bonds. The number of hydrogen-bond donors (Lipinski definition) is 2. The molecule has 0 spiro atoms. The Balaban J connectivity index is 1.52. The number of nitrogens with zero attached hydrogens (tertiary/aromatic N) is 3. The molecule has 2 N–H and O–H groups in total. The monoisotopic (exact) mass is 469 g/mol. The van der Waals surface area contributed by atoms with Crippen molar-refractivity contribution in [3.63, 3.8) is 0 Å². The number of ether oxygens (including phenoxy) is 1. The van der Waals surface area contributed by atoms with Crippen LogP contribution in [0.3, 0.4) is 0 Å². The molecule has 2 heterocycles. The number of benzene rings is 2. The zero-order valence-corrected chi connectivity index (χ0v) is 19.4. The highest BCUT2D eigenvalue weighted by Crippen LogP contribution is 2.29. The fourth-order valence-corrected chi connectivity index (χ4v) is 3.66. The lowest BCUT2D eigenvalue weighted by Crippen LogP contribution is -2.24. The number of methoxy groups -OCH3 is 1. The summed E-state index contributed by atoms with van der Waals surface area (Å²) < 4.78 is 7.00. The van der Waals surface area contributed by atoms with Crippen molar-refractivity contribution < 1.29 is 19.1 Å². The molecule has 2 aromatic heterocycles. The zero-order chi connectivity index (χ0) is 24.9. The van der Waals surface area contributed by atoms with Crippen molar-refractivity contribution in [1.29, 1.82) is 0 Å². The van der Waals surface area contributed by atoms with E-state index in [0.717, 1.165) is 5.69 Å². The van der Waals surface area contributed by atoms with Crippen LogP contribution in [0.15, 0.2) is 73.1 Å². The first-order valence-corrected chi connectivity index (χ1v) is 10.8. The minimum absolute atomic E-state index is 0.249. The number of Topliss-reactive ketones (excluding diaryl/α,β-unsaturated/α-hetero) is 1. The van der Waals surface area contributed by atoms with Gasteiger partial charge in [0.25, 0.3) is 17.6 Å². The van der Waals surface area contributed by atoms with Crippen LogP contribution in [0.25, 0.3) is 5.69 Å². The number of amides is 2. The van der Waals surface area contributed by atoms with Gasteiger partial charge in [-0.2, -0.15) is 5.10 Å². The largest absolute Gasteiger partial charge is 0.494 e. The maximum atomic E-state index is 13.0. The third-order valence-corrected chi connectivity index (χ3v) is 5.36. The maximum Gasteiger partial charge on any atom is 0.296 e. The zero-order valence-electron chi connectivity index (χ0n) is 19.4. The van der Waals surface area contributed by atoms with Crippen LogP contribution in [0, 0.1) is 13.8 Å². The Morgan fingerprint density at radius 2 is 1.71 bits per heavy atom. The maximum absolute atomic E-state index is 13.0. The van der Waals surface area contributed by atoms with Gasteiger partial charge < -0.3 is 15.4 Å². The van der Waals surface area contributed by atoms with Crippen molar-refractivity contribution in [3.05, 3.63) is 95.6 Å². The molecule has 0 saturated carbocycles. The van der Waals surface area contributed by atoms with E-state index in [1.807, 2.05) is 30.3 Å². The van der Waals surface area contributed by atoms with Crippen molar-refractivity contribution in [2.75, 3.05) is 17.7 Å². The fraction of sp³-hybridized carbons (Fsp3) is 0.115. The first kappa shape index (κ1) is 23.4. The van der Waals surface area contributed by atoms with Crippen LogP contribution in [-0.2, 0) is 4.79 Å². The van der Waals surface area contributed by atoms with E-state index in [1.165, 1.54) is 19.4 Å². The van der Waals surface area contributed by atoms with E-state index < -0.39 is 11.7 Å². The molecule has 4 rings (SSSR count). The molecule has 0 bridgehead atoms. The lowest BCUT2D eigenvalue weighted by Gasteiger charge is -2.12. The van der Waals surface area contributed by atoms with Crippen molar-refractivity contribution in [2.24, 2.45) is 0 Å². The third-order valence-electron chi connectivity index (χ3n) is 5.36. The van der Waals surface area contributed by atoms with Crippen LogP contribution in [0.2, 0.25) is 0 Å². The normalized spacial score (nSPS) is 10.5. The predicted octanol–water partition coefficient (Wildman–Crippen LogP) is 3.97. The van der Waals surface area contributed by atoms with E-state index in [9.17, 15) is 14.4 Å². The van der Waals surface area contributed by atoms with Gasteiger partial charge in [0.15, 0.2) is 0 Å². The van der Waals surface area contributed by atoms with E-state index in [-0.39, 0.29) is 11.5 Å². The first-order chi connectivity index (χ1) is 16.9. The summed E-state index contributed by atoms with van der Waals surface area (Å²) in [5.74, 6) is -1.55. The molecule has 176 valence electrons. The van der Waals surface area contributed by atoms with Gasteiger partial charge in [-0.05, 0) is 50.2 Å². The second-order valence-corrected chi connectivity index (χ2v) is 7.69. The van der Waals surface area contributed by atoms with Crippen LogP contribution in [0.4, 0.5) is 11.4 Å². The number of ketones is 1. The van der Waals surface area contributed by atoms with Crippen LogP contribution in [0.1, 0.15) is 32.1 Å². The van der Waals surface area contributed by atoms with Crippen LogP contribution in [0.5, 0.6) is 5.75 Å². The van der Waals surface area contributed by atoms with Gasteiger partial charge in [0.2, 0.25) is 0 Å². The minimum atomic E-state index is -0.807. The Hall–Kier alpha value is -4.79. The number of aromatic nitrogens is 3. The summed E-state index contributed by atoms with van der Waals surface area (Å²) in [5.41, 5.74) is 3.20. The summed E-state index contributed by atoms with van der Waals surface area (Å²) in [6, 6.07) is 17.3. The molecular formula is C26H23N5O4. The van der Waals surface area contributed by atoms with Gasteiger partial charge in [-0.15, -0.1) is 0 Å². The summed E-state index contributed by atoms with van der Waals surface area (Å²) in [6.45, 7) is 3.44. The van der Waals surface area contributed by atoms with Crippen LogP contribution >= 0.6 is 0 Å². The highest BCUT2D eigenvalue weighted by Gasteiger charge is 2.25. The summed E-state index contributed by atoms with van der Waals surface area (Å²) in [7, 11) is 1.44. The molecule has 0 aliphatic carbocycles. The van der Waals surface area contributed by atoms with E-state index in [0.29, 0.717) is 34.1 Å². The van der Waals surface area contributed by atoms with Crippen molar-refractivity contribution in [1.82, 2.24) is 14.8 Å². The van der Waals surface area contributed by atoms with E-state index >= 15 is 0 Å². The number of aryl methyl sites for hydroxylation is 1. The van der Waals surface area contributed by atoms with Gasteiger partial charge in [0.05, 0.1) is 41.0 Å². The lowest BCUT2D eigenvalue weighted by molar-refractivity contribution is -0.112. The topological polar surface area (TPSA) is 115 Å². The van der Waals surface area contributed by atoms with E-state index in [2.05, 4.69) is 20.7 Å². The number of para-hydroxylation sites is 1. The van der Waals surface area contributed by atoms with Gasteiger partial charge in [-0.3, -0.25) is 19.4 Å². The SMILES string of the molecule is COc1cc(NC(=O)C(=O)c2c(C)nn(-c3ccccc3)c2C)ccc1NC(=O)c1cccnc1. The average molecular weight is 470 g/mol.